The van der Waals surface area contributed by atoms with Crippen molar-refractivity contribution < 1.29 is 9.59 Å². The quantitative estimate of drug-likeness (QED) is 0.517. The Labute approximate surface area is 214 Å². The topological polar surface area (TPSA) is 52.7 Å². The fourth-order valence-corrected chi connectivity index (χ4v) is 5.63. The molecule has 2 fully saturated rings. The minimum Gasteiger partial charge on any atom is -0.372 e. The van der Waals surface area contributed by atoms with E-state index in [9.17, 15) is 9.59 Å². The van der Waals surface area contributed by atoms with E-state index in [4.69, 9.17) is 0 Å². The highest BCUT2D eigenvalue weighted by molar-refractivity contribution is 5.95. The highest BCUT2D eigenvalue weighted by atomic mass is 16.2. The molecule has 2 saturated heterocycles. The van der Waals surface area contributed by atoms with E-state index in [1.807, 2.05) is 84.6 Å². The Morgan fingerprint density at radius 3 is 1.97 bits per heavy atom. The van der Waals surface area contributed by atoms with Crippen molar-refractivity contribution in [3.63, 3.8) is 0 Å². The smallest absolute Gasteiger partial charge is 0.253 e. The summed E-state index contributed by atoms with van der Waals surface area (Å²) in [7, 11) is 0. The third-order valence-corrected chi connectivity index (χ3v) is 7.90. The summed E-state index contributed by atoms with van der Waals surface area (Å²) in [4.78, 5) is 31.4. The van der Waals surface area contributed by atoms with Crippen molar-refractivity contribution in [1.29, 1.82) is 0 Å². The zero-order chi connectivity index (χ0) is 25.0. The molecule has 2 aliphatic heterocycles. The van der Waals surface area contributed by atoms with Gasteiger partial charge >= 0.3 is 0 Å². The minimum absolute atomic E-state index is 0.0344. The summed E-state index contributed by atoms with van der Waals surface area (Å²) < 4.78 is 0. The highest BCUT2D eigenvalue weighted by Gasteiger charge is 2.44. The van der Waals surface area contributed by atoms with Crippen LogP contribution in [-0.4, -0.2) is 42.9 Å². The van der Waals surface area contributed by atoms with E-state index in [1.54, 1.807) is 0 Å². The molecule has 0 aromatic heterocycles. The number of likely N-dealkylation sites (tertiary alicyclic amines) is 1. The lowest BCUT2D eigenvalue weighted by atomic mass is 9.71. The van der Waals surface area contributed by atoms with Crippen LogP contribution in [0.15, 0.2) is 84.9 Å². The number of hydrogen-bond acceptors (Lipinski definition) is 3. The molecule has 1 N–H and O–H groups in total. The highest BCUT2D eigenvalue weighted by Crippen LogP contribution is 2.37. The lowest BCUT2D eigenvalue weighted by Gasteiger charge is -2.41. The molecule has 0 bridgehead atoms. The number of carbonyl (C=O) groups excluding carboxylic acids is 2. The van der Waals surface area contributed by atoms with Crippen molar-refractivity contribution in [3.8, 4) is 0 Å². The summed E-state index contributed by atoms with van der Waals surface area (Å²) in [5, 5.41) is 3.27. The summed E-state index contributed by atoms with van der Waals surface area (Å²) in [5.74, 6) is 0.0785. The summed E-state index contributed by atoms with van der Waals surface area (Å²) in [6.45, 7) is 5.30. The molecule has 0 aliphatic carbocycles. The van der Waals surface area contributed by atoms with E-state index in [1.165, 1.54) is 18.5 Å². The number of rotatable bonds is 6. The van der Waals surface area contributed by atoms with Gasteiger partial charge in [-0.1, -0.05) is 60.7 Å². The van der Waals surface area contributed by atoms with Gasteiger partial charge in [-0.15, -0.1) is 0 Å². The van der Waals surface area contributed by atoms with Gasteiger partial charge in [0.1, 0.15) is 0 Å². The van der Waals surface area contributed by atoms with Crippen LogP contribution in [0.5, 0.6) is 0 Å². The van der Waals surface area contributed by atoms with Crippen molar-refractivity contribution in [2.24, 2.45) is 0 Å². The molecule has 1 atom stereocenters. The molecule has 186 valence electrons. The van der Waals surface area contributed by atoms with Gasteiger partial charge in [0.05, 0.1) is 11.5 Å². The van der Waals surface area contributed by atoms with Gasteiger partial charge < -0.3 is 15.1 Å². The number of piperidine rings is 1. The Kier molecular flexibility index (Phi) is 7.08. The van der Waals surface area contributed by atoms with Crippen LogP contribution in [0.2, 0.25) is 0 Å². The van der Waals surface area contributed by atoms with E-state index in [2.05, 4.69) is 22.3 Å². The SMILES string of the molecule is CC(NC(=O)C1(c2ccccc2)CCN(C(=O)c2ccc(N3CCCC3)cc2)CC1)c1ccccc1. The fourth-order valence-electron chi connectivity index (χ4n) is 5.63. The second-order valence-corrected chi connectivity index (χ2v) is 10.1. The average Bonchev–Trinajstić information content (AvgIpc) is 3.49. The van der Waals surface area contributed by atoms with Crippen LogP contribution in [0.25, 0.3) is 0 Å². The maximum Gasteiger partial charge on any atom is 0.253 e. The monoisotopic (exact) mass is 481 g/mol. The minimum atomic E-state index is -0.652. The molecule has 2 heterocycles. The van der Waals surface area contributed by atoms with E-state index in [0.717, 1.165) is 24.2 Å². The Morgan fingerprint density at radius 1 is 0.778 bits per heavy atom. The third kappa shape index (κ3) is 4.88. The van der Waals surface area contributed by atoms with Gasteiger partial charge in [0.25, 0.3) is 5.91 Å². The normalized spacial score (nSPS) is 18.0. The number of benzene rings is 3. The Morgan fingerprint density at radius 2 is 1.36 bits per heavy atom. The summed E-state index contributed by atoms with van der Waals surface area (Å²) in [5.41, 5.74) is 3.35. The maximum atomic E-state index is 13.8. The first-order valence-corrected chi connectivity index (χ1v) is 13.1. The van der Waals surface area contributed by atoms with Gasteiger partial charge in [-0.2, -0.15) is 0 Å². The van der Waals surface area contributed by atoms with Gasteiger partial charge in [-0.25, -0.2) is 0 Å². The summed E-state index contributed by atoms with van der Waals surface area (Å²) >= 11 is 0. The van der Waals surface area contributed by atoms with Crippen LogP contribution in [0.1, 0.15) is 60.1 Å². The summed E-state index contributed by atoms with van der Waals surface area (Å²) in [6, 6.07) is 28.0. The Bertz CT molecular complexity index is 1160. The second kappa shape index (κ2) is 10.6. The van der Waals surface area contributed by atoms with Crippen LogP contribution in [0.4, 0.5) is 5.69 Å². The number of nitrogens with zero attached hydrogens (tertiary/aromatic N) is 2. The molecular weight excluding hydrogens is 446 g/mol. The molecule has 0 saturated carbocycles. The van der Waals surface area contributed by atoms with Crippen LogP contribution in [-0.2, 0) is 10.2 Å². The van der Waals surface area contributed by atoms with Crippen molar-refractivity contribution >= 4 is 17.5 Å². The molecule has 5 nitrogen and oxygen atoms in total. The van der Waals surface area contributed by atoms with Crippen molar-refractivity contribution in [2.45, 2.75) is 44.1 Å². The van der Waals surface area contributed by atoms with Crippen LogP contribution in [0.3, 0.4) is 0 Å². The number of hydrogen-bond donors (Lipinski definition) is 1. The fraction of sp³-hybridized carbons (Fsp3) is 0.355. The number of anilines is 1. The van der Waals surface area contributed by atoms with Gasteiger partial charge in [0.15, 0.2) is 0 Å². The molecule has 2 amide bonds. The van der Waals surface area contributed by atoms with Crippen molar-refractivity contribution in [1.82, 2.24) is 10.2 Å². The van der Waals surface area contributed by atoms with Gasteiger partial charge in [0.2, 0.25) is 5.91 Å². The number of amides is 2. The van der Waals surface area contributed by atoms with Crippen molar-refractivity contribution in [3.05, 3.63) is 102 Å². The molecule has 5 rings (SSSR count). The van der Waals surface area contributed by atoms with Gasteiger partial charge in [-0.05, 0) is 68.0 Å². The number of carbonyl (C=O) groups is 2. The maximum absolute atomic E-state index is 13.8. The lowest BCUT2D eigenvalue weighted by molar-refractivity contribution is -0.129. The standard InChI is InChI=1S/C31H35N3O2/c1-24(25-10-4-2-5-11-25)32-30(36)31(27-12-6-3-7-13-27)18-22-34(23-19-31)29(35)26-14-16-28(17-15-26)33-20-8-9-21-33/h2-7,10-17,24H,8-9,18-23H2,1H3,(H,32,36). The molecule has 1 unspecified atom stereocenters. The Balaban J connectivity index is 1.30. The molecule has 3 aromatic rings. The van der Waals surface area contributed by atoms with E-state index in [0.29, 0.717) is 31.5 Å². The number of nitrogens with one attached hydrogen (secondary N) is 1. The van der Waals surface area contributed by atoms with Crippen molar-refractivity contribution in [2.75, 3.05) is 31.1 Å². The second-order valence-electron chi connectivity index (χ2n) is 10.1. The van der Waals surface area contributed by atoms with Crippen LogP contribution >= 0.6 is 0 Å². The van der Waals surface area contributed by atoms with E-state index < -0.39 is 5.41 Å². The molecular formula is C31H35N3O2. The molecule has 5 heteroatoms. The van der Waals surface area contributed by atoms with E-state index >= 15 is 0 Å². The zero-order valence-electron chi connectivity index (χ0n) is 21.0. The lowest BCUT2D eigenvalue weighted by Crippen LogP contribution is -2.53. The molecule has 36 heavy (non-hydrogen) atoms. The molecule has 0 radical (unpaired) electrons. The first-order chi connectivity index (χ1) is 17.6. The van der Waals surface area contributed by atoms with E-state index in [-0.39, 0.29) is 17.9 Å². The van der Waals surface area contributed by atoms with Gasteiger partial charge in [-0.3, -0.25) is 9.59 Å². The predicted molar refractivity (Wildman–Crippen MR) is 144 cm³/mol. The largest absolute Gasteiger partial charge is 0.372 e. The zero-order valence-corrected chi connectivity index (χ0v) is 21.0. The first kappa shape index (κ1) is 24.1. The Hall–Kier alpha value is -3.60. The van der Waals surface area contributed by atoms with Crippen LogP contribution < -0.4 is 10.2 Å². The molecule has 3 aromatic carbocycles. The molecule has 2 aliphatic rings. The van der Waals surface area contributed by atoms with Gasteiger partial charge in [0, 0.05) is 37.4 Å². The first-order valence-electron chi connectivity index (χ1n) is 13.1. The predicted octanol–water partition coefficient (Wildman–Crippen LogP) is 5.34. The summed E-state index contributed by atoms with van der Waals surface area (Å²) in [6.07, 6.45) is 3.66. The van der Waals surface area contributed by atoms with Crippen LogP contribution in [0, 0.1) is 0 Å². The average molecular weight is 482 g/mol. The molecule has 0 spiro atoms. The third-order valence-electron chi connectivity index (χ3n) is 7.90.